The third-order valence-electron chi connectivity index (χ3n) is 5.51. The first-order chi connectivity index (χ1) is 16.0. The highest BCUT2D eigenvalue weighted by Gasteiger charge is 2.45. The number of ketones is 1. The maximum Gasteiger partial charge on any atom is 0.337 e. The SMILES string of the molecule is COC(=O)c1ccc(C2/C(=C(\O)c3ccncc3)C(=O)C(=O)N2CCc2cccnc2)cc1. The second-order valence-corrected chi connectivity index (χ2v) is 7.45. The average Bonchev–Trinajstić information content (AvgIpc) is 3.12. The molecule has 1 atom stereocenters. The lowest BCUT2D eigenvalue weighted by molar-refractivity contribution is -0.139. The Morgan fingerprint density at radius 3 is 2.36 bits per heavy atom. The Morgan fingerprint density at radius 2 is 1.73 bits per heavy atom. The number of carbonyl (C=O) groups excluding carboxylic acids is 3. The fourth-order valence-corrected chi connectivity index (χ4v) is 3.84. The van der Waals surface area contributed by atoms with Crippen molar-refractivity contribution in [3.8, 4) is 0 Å². The molecule has 0 radical (unpaired) electrons. The van der Waals surface area contributed by atoms with Crippen LogP contribution in [0.2, 0.25) is 0 Å². The molecule has 1 aliphatic heterocycles. The maximum absolute atomic E-state index is 13.0. The summed E-state index contributed by atoms with van der Waals surface area (Å²) in [7, 11) is 1.29. The topological polar surface area (TPSA) is 110 Å². The van der Waals surface area contributed by atoms with Gasteiger partial charge in [0.1, 0.15) is 5.76 Å². The van der Waals surface area contributed by atoms with Crippen LogP contribution in [0.25, 0.3) is 5.76 Å². The number of rotatable bonds is 6. The summed E-state index contributed by atoms with van der Waals surface area (Å²) in [5.41, 5.74) is 2.20. The summed E-state index contributed by atoms with van der Waals surface area (Å²) in [6, 6.07) is 12.4. The molecule has 1 saturated heterocycles. The number of likely N-dealkylation sites (tertiary alicyclic amines) is 1. The molecule has 166 valence electrons. The van der Waals surface area contributed by atoms with Crippen molar-refractivity contribution in [2.75, 3.05) is 13.7 Å². The number of esters is 1. The molecule has 33 heavy (non-hydrogen) atoms. The molecule has 8 heteroatoms. The lowest BCUT2D eigenvalue weighted by Crippen LogP contribution is -2.31. The quantitative estimate of drug-likeness (QED) is 0.270. The number of Topliss-reactive ketones (excluding diaryl/α,β-unsaturated/α-hetero) is 1. The first-order valence-electron chi connectivity index (χ1n) is 10.3. The second kappa shape index (κ2) is 9.44. The number of aromatic nitrogens is 2. The Morgan fingerprint density at radius 1 is 1.00 bits per heavy atom. The predicted octanol–water partition coefficient (Wildman–Crippen LogP) is 2.93. The van der Waals surface area contributed by atoms with Gasteiger partial charge >= 0.3 is 5.97 Å². The van der Waals surface area contributed by atoms with E-state index in [1.165, 1.54) is 24.4 Å². The molecule has 3 aromatic rings. The van der Waals surface area contributed by atoms with Crippen molar-refractivity contribution in [2.24, 2.45) is 0 Å². The molecular weight excluding hydrogens is 422 g/mol. The normalized spacial score (nSPS) is 17.2. The van der Waals surface area contributed by atoms with Crippen molar-refractivity contribution in [1.29, 1.82) is 0 Å². The minimum atomic E-state index is -0.818. The molecule has 2 aromatic heterocycles. The van der Waals surface area contributed by atoms with E-state index < -0.39 is 23.7 Å². The van der Waals surface area contributed by atoms with Crippen LogP contribution in [-0.4, -0.2) is 51.3 Å². The van der Waals surface area contributed by atoms with Gasteiger partial charge in [-0.25, -0.2) is 4.79 Å². The van der Waals surface area contributed by atoms with Crippen LogP contribution in [0.3, 0.4) is 0 Å². The average molecular weight is 443 g/mol. The zero-order valence-corrected chi connectivity index (χ0v) is 17.8. The van der Waals surface area contributed by atoms with Crippen molar-refractivity contribution >= 4 is 23.4 Å². The second-order valence-electron chi connectivity index (χ2n) is 7.45. The fraction of sp³-hybridized carbons (Fsp3) is 0.160. The van der Waals surface area contributed by atoms with E-state index in [2.05, 4.69) is 9.97 Å². The number of aliphatic hydroxyl groups is 1. The van der Waals surface area contributed by atoms with Gasteiger partial charge < -0.3 is 14.7 Å². The maximum atomic E-state index is 13.0. The third-order valence-corrected chi connectivity index (χ3v) is 5.51. The number of ether oxygens (including phenoxy) is 1. The van der Waals surface area contributed by atoms with Crippen LogP contribution in [0.5, 0.6) is 0 Å². The Kier molecular flexibility index (Phi) is 6.26. The zero-order valence-electron chi connectivity index (χ0n) is 17.8. The first-order valence-corrected chi connectivity index (χ1v) is 10.3. The Balaban J connectivity index is 1.77. The molecule has 0 bridgehead atoms. The van der Waals surface area contributed by atoms with E-state index in [1.54, 1.807) is 54.9 Å². The van der Waals surface area contributed by atoms with Gasteiger partial charge in [-0.3, -0.25) is 19.6 Å². The molecule has 1 amide bonds. The van der Waals surface area contributed by atoms with Crippen LogP contribution in [0.1, 0.15) is 33.1 Å². The van der Waals surface area contributed by atoms with Crippen molar-refractivity contribution in [1.82, 2.24) is 14.9 Å². The Bertz CT molecular complexity index is 1210. The van der Waals surface area contributed by atoms with Gasteiger partial charge in [-0.2, -0.15) is 0 Å². The van der Waals surface area contributed by atoms with Crippen molar-refractivity contribution in [2.45, 2.75) is 12.5 Å². The van der Waals surface area contributed by atoms with Gasteiger partial charge in [0.2, 0.25) is 0 Å². The van der Waals surface area contributed by atoms with E-state index in [-0.39, 0.29) is 17.9 Å². The summed E-state index contributed by atoms with van der Waals surface area (Å²) >= 11 is 0. The van der Waals surface area contributed by atoms with Crippen LogP contribution >= 0.6 is 0 Å². The zero-order chi connectivity index (χ0) is 23.4. The molecule has 1 aliphatic rings. The molecule has 1 fully saturated rings. The summed E-state index contributed by atoms with van der Waals surface area (Å²) in [4.78, 5) is 47.3. The largest absolute Gasteiger partial charge is 0.507 e. The Hall–Kier alpha value is -4.33. The van der Waals surface area contributed by atoms with Crippen LogP contribution < -0.4 is 0 Å². The number of nitrogens with zero attached hydrogens (tertiary/aromatic N) is 3. The molecule has 0 saturated carbocycles. The van der Waals surface area contributed by atoms with Crippen LogP contribution in [-0.2, 0) is 20.7 Å². The van der Waals surface area contributed by atoms with Crippen molar-refractivity contribution in [3.63, 3.8) is 0 Å². The van der Waals surface area contributed by atoms with Gasteiger partial charge in [-0.15, -0.1) is 0 Å². The Labute approximate surface area is 190 Å². The number of hydrogen-bond acceptors (Lipinski definition) is 7. The molecule has 1 aromatic carbocycles. The van der Waals surface area contributed by atoms with Gasteiger partial charge in [-0.05, 0) is 47.9 Å². The van der Waals surface area contributed by atoms with Crippen LogP contribution in [0, 0.1) is 0 Å². The number of hydrogen-bond donors (Lipinski definition) is 1. The van der Waals surface area contributed by atoms with Crippen molar-refractivity contribution in [3.05, 3.63) is 101 Å². The number of aliphatic hydroxyl groups excluding tert-OH is 1. The molecule has 1 unspecified atom stereocenters. The summed E-state index contributed by atoms with van der Waals surface area (Å²) in [6.45, 7) is 0.243. The van der Waals surface area contributed by atoms with E-state index in [1.807, 2.05) is 6.07 Å². The highest BCUT2D eigenvalue weighted by atomic mass is 16.5. The van der Waals surface area contributed by atoms with Gasteiger partial charge in [0, 0.05) is 36.9 Å². The van der Waals surface area contributed by atoms with Gasteiger partial charge in [-0.1, -0.05) is 18.2 Å². The van der Waals surface area contributed by atoms with Gasteiger partial charge in [0.15, 0.2) is 0 Å². The minimum Gasteiger partial charge on any atom is -0.507 e. The summed E-state index contributed by atoms with van der Waals surface area (Å²) in [5, 5.41) is 11.0. The number of benzene rings is 1. The monoisotopic (exact) mass is 443 g/mol. The lowest BCUT2D eigenvalue weighted by atomic mass is 9.94. The highest BCUT2D eigenvalue weighted by Crippen LogP contribution is 2.39. The lowest BCUT2D eigenvalue weighted by Gasteiger charge is -2.25. The molecule has 3 heterocycles. The smallest absolute Gasteiger partial charge is 0.337 e. The first kappa shape index (κ1) is 21.9. The van der Waals surface area contributed by atoms with E-state index in [4.69, 9.17) is 4.74 Å². The highest BCUT2D eigenvalue weighted by molar-refractivity contribution is 6.46. The molecule has 0 spiro atoms. The standard InChI is InChI=1S/C25H21N3O5/c1-33-25(32)19-6-4-17(5-7-19)21-20(22(29)18-8-12-26-13-9-18)23(30)24(31)28(21)14-10-16-3-2-11-27-15-16/h2-9,11-13,15,21,29H,10,14H2,1H3/b22-20+. The number of methoxy groups -OCH3 is 1. The number of carbonyl (C=O) groups is 3. The predicted molar refractivity (Wildman–Crippen MR) is 119 cm³/mol. The third kappa shape index (κ3) is 4.36. The van der Waals surface area contributed by atoms with E-state index in [0.29, 0.717) is 23.1 Å². The number of amides is 1. The van der Waals surface area contributed by atoms with E-state index in [0.717, 1.165) is 5.56 Å². The van der Waals surface area contributed by atoms with E-state index in [9.17, 15) is 19.5 Å². The fourth-order valence-electron chi connectivity index (χ4n) is 3.84. The molecule has 8 nitrogen and oxygen atoms in total. The number of pyridine rings is 2. The van der Waals surface area contributed by atoms with Gasteiger partial charge in [0.25, 0.3) is 11.7 Å². The minimum absolute atomic E-state index is 0.0109. The van der Waals surface area contributed by atoms with Crippen LogP contribution in [0.4, 0.5) is 0 Å². The molecule has 0 aliphatic carbocycles. The van der Waals surface area contributed by atoms with Gasteiger partial charge in [0.05, 0.1) is 24.3 Å². The summed E-state index contributed by atoms with van der Waals surface area (Å²) in [6.07, 6.45) is 6.83. The molecular formula is C25H21N3O5. The summed E-state index contributed by atoms with van der Waals surface area (Å²) < 4.78 is 4.74. The molecule has 1 N–H and O–H groups in total. The van der Waals surface area contributed by atoms with Crippen molar-refractivity contribution < 1.29 is 24.2 Å². The molecule has 4 rings (SSSR count). The van der Waals surface area contributed by atoms with Crippen LogP contribution in [0.15, 0.2) is 78.9 Å². The summed E-state index contributed by atoms with van der Waals surface area (Å²) in [5.74, 6) is -2.24. The van der Waals surface area contributed by atoms with E-state index >= 15 is 0 Å².